The van der Waals surface area contributed by atoms with Crippen molar-refractivity contribution in [3.63, 3.8) is 0 Å². The highest BCUT2D eigenvalue weighted by Crippen LogP contribution is 2.31. The monoisotopic (exact) mass is 493 g/mol. The summed E-state index contributed by atoms with van der Waals surface area (Å²) in [4.78, 5) is 37.3. The summed E-state index contributed by atoms with van der Waals surface area (Å²) in [5.41, 5.74) is 6.03. The second-order valence-electron chi connectivity index (χ2n) is 9.95. The SMILES string of the molecule is CC(C)C[C@H](NC(=O)[C@@H](O)[C@H]1O[C@](C)(O)[C@H](C)N[C@H]1CC(N)=O)[C@@H]1Cc2cccc(O)c2C(=O)O1. The number of aromatic hydroxyl groups is 1. The van der Waals surface area contributed by atoms with E-state index in [1.54, 1.807) is 19.1 Å². The van der Waals surface area contributed by atoms with E-state index in [0.717, 1.165) is 0 Å². The largest absolute Gasteiger partial charge is 0.507 e. The third-order valence-corrected chi connectivity index (χ3v) is 6.55. The lowest BCUT2D eigenvalue weighted by Crippen LogP contribution is -2.68. The minimum absolute atomic E-state index is 0.103. The van der Waals surface area contributed by atoms with Crippen LogP contribution >= 0.6 is 0 Å². The molecule has 3 rings (SSSR count). The Kier molecular flexibility index (Phi) is 8.05. The number of carbonyl (C=O) groups is 3. The van der Waals surface area contributed by atoms with Crippen LogP contribution in [0.2, 0.25) is 0 Å². The molecule has 2 amide bonds. The Balaban J connectivity index is 1.80. The molecule has 194 valence electrons. The number of cyclic esters (lactones) is 1. The number of nitrogens with two attached hydrogens (primary N) is 1. The number of phenolic OH excluding ortho intramolecular Hbond substituents is 1. The Hall–Kier alpha value is -2.73. The van der Waals surface area contributed by atoms with Gasteiger partial charge in [0.05, 0.1) is 12.1 Å². The number of hydrogen-bond donors (Lipinski definition) is 6. The molecule has 2 aliphatic rings. The van der Waals surface area contributed by atoms with Crippen molar-refractivity contribution in [2.75, 3.05) is 0 Å². The summed E-state index contributed by atoms with van der Waals surface area (Å²) in [6.45, 7) is 6.91. The van der Waals surface area contributed by atoms with Crippen molar-refractivity contribution < 1.29 is 39.2 Å². The van der Waals surface area contributed by atoms with Gasteiger partial charge in [0.2, 0.25) is 5.91 Å². The number of phenols is 1. The summed E-state index contributed by atoms with van der Waals surface area (Å²) in [5, 5.41) is 37.2. The van der Waals surface area contributed by atoms with E-state index in [2.05, 4.69) is 10.6 Å². The van der Waals surface area contributed by atoms with Gasteiger partial charge in [-0.05, 0) is 37.8 Å². The third-order valence-electron chi connectivity index (χ3n) is 6.55. The van der Waals surface area contributed by atoms with Crippen LogP contribution in [0.25, 0.3) is 0 Å². The van der Waals surface area contributed by atoms with Crippen molar-refractivity contribution in [2.45, 2.75) is 89.2 Å². The average Bonchev–Trinajstić information content (AvgIpc) is 2.74. The van der Waals surface area contributed by atoms with E-state index >= 15 is 0 Å². The Labute approximate surface area is 204 Å². The molecule has 7 N–H and O–H groups in total. The molecule has 0 bridgehead atoms. The highest BCUT2D eigenvalue weighted by Gasteiger charge is 2.47. The van der Waals surface area contributed by atoms with E-state index in [1.165, 1.54) is 13.0 Å². The quantitative estimate of drug-likeness (QED) is 0.265. The number of hydrogen-bond acceptors (Lipinski definition) is 9. The molecule has 0 unspecified atom stereocenters. The summed E-state index contributed by atoms with van der Waals surface area (Å²) in [6, 6.07) is 2.69. The molecule has 1 fully saturated rings. The molecule has 0 spiro atoms. The maximum atomic E-state index is 13.1. The Morgan fingerprint density at radius 1 is 1.34 bits per heavy atom. The number of amides is 2. The van der Waals surface area contributed by atoms with Crippen LogP contribution in [-0.4, -0.2) is 75.3 Å². The normalized spacial score (nSPS) is 30.2. The van der Waals surface area contributed by atoms with Crippen molar-refractivity contribution in [1.82, 2.24) is 10.6 Å². The minimum Gasteiger partial charge on any atom is -0.507 e. The Morgan fingerprint density at radius 3 is 2.66 bits per heavy atom. The number of fused-ring (bicyclic) bond motifs is 1. The smallest absolute Gasteiger partial charge is 0.342 e. The van der Waals surface area contributed by atoms with Gasteiger partial charge < -0.3 is 41.2 Å². The van der Waals surface area contributed by atoms with Crippen molar-refractivity contribution in [2.24, 2.45) is 11.7 Å². The number of rotatable bonds is 8. The number of esters is 1. The predicted octanol–water partition coefficient (Wildman–Crippen LogP) is -0.305. The van der Waals surface area contributed by atoms with Gasteiger partial charge in [-0.25, -0.2) is 4.79 Å². The van der Waals surface area contributed by atoms with E-state index in [0.29, 0.717) is 12.0 Å². The predicted molar refractivity (Wildman–Crippen MR) is 124 cm³/mol. The highest BCUT2D eigenvalue weighted by molar-refractivity contribution is 5.95. The zero-order chi connectivity index (χ0) is 26.1. The topological polar surface area (TPSA) is 180 Å². The van der Waals surface area contributed by atoms with Crippen molar-refractivity contribution in [3.8, 4) is 5.75 Å². The van der Waals surface area contributed by atoms with Crippen LogP contribution in [0.5, 0.6) is 5.75 Å². The number of aliphatic hydroxyl groups is 2. The van der Waals surface area contributed by atoms with Crippen molar-refractivity contribution in [1.29, 1.82) is 0 Å². The molecule has 0 saturated carbocycles. The van der Waals surface area contributed by atoms with E-state index in [1.807, 2.05) is 13.8 Å². The molecule has 2 heterocycles. The fourth-order valence-electron chi connectivity index (χ4n) is 4.61. The first kappa shape index (κ1) is 26.9. The molecule has 7 atom stereocenters. The molecule has 1 aromatic carbocycles. The summed E-state index contributed by atoms with van der Waals surface area (Å²) in [7, 11) is 0. The Bertz CT molecular complexity index is 966. The zero-order valence-corrected chi connectivity index (χ0v) is 20.4. The van der Waals surface area contributed by atoms with Crippen LogP contribution in [0.1, 0.15) is 56.5 Å². The van der Waals surface area contributed by atoms with E-state index < -0.39 is 60.0 Å². The molecular formula is C24H35N3O8. The fraction of sp³-hybridized carbons (Fsp3) is 0.625. The first-order valence-electron chi connectivity index (χ1n) is 11.7. The Morgan fingerprint density at radius 2 is 2.03 bits per heavy atom. The number of nitrogens with one attached hydrogen (secondary N) is 2. The average molecular weight is 494 g/mol. The van der Waals surface area contributed by atoms with E-state index in [9.17, 15) is 29.7 Å². The van der Waals surface area contributed by atoms with Crippen LogP contribution < -0.4 is 16.4 Å². The molecule has 0 aliphatic carbocycles. The van der Waals surface area contributed by atoms with Gasteiger partial charge in [0.15, 0.2) is 11.9 Å². The van der Waals surface area contributed by atoms with Crippen LogP contribution in [0.3, 0.4) is 0 Å². The van der Waals surface area contributed by atoms with Crippen LogP contribution in [0.4, 0.5) is 0 Å². The van der Waals surface area contributed by atoms with Crippen LogP contribution in [0.15, 0.2) is 18.2 Å². The maximum absolute atomic E-state index is 13.1. The molecule has 0 radical (unpaired) electrons. The van der Waals surface area contributed by atoms with Gasteiger partial charge in [0.1, 0.15) is 23.5 Å². The summed E-state index contributed by atoms with van der Waals surface area (Å²) >= 11 is 0. The minimum atomic E-state index is -1.75. The van der Waals surface area contributed by atoms with Crippen molar-refractivity contribution >= 4 is 17.8 Å². The maximum Gasteiger partial charge on any atom is 0.342 e. The molecule has 11 heteroatoms. The summed E-state index contributed by atoms with van der Waals surface area (Å²) in [5.74, 6) is -3.93. The molecule has 0 aromatic heterocycles. The van der Waals surface area contributed by atoms with Crippen LogP contribution in [-0.2, 0) is 25.5 Å². The van der Waals surface area contributed by atoms with Gasteiger partial charge in [0, 0.05) is 18.9 Å². The molecule has 11 nitrogen and oxygen atoms in total. The number of morpholine rings is 1. The highest BCUT2D eigenvalue weighted by atomic mass is 16.6. The number of ether oxygens (including phenoxy) is 2. The second-order valence-corrected chi connectivity index (χ2v) is 9.95. The molecule has 35 heavy (non-hydrogen) atoms. The number of primary amides is 1. The number of aliphatic hydroxyl groups excluding tert-OH is 1. The van der Waals surface area contributed by atoms with E-state index in [4.69, 9.17) is 15.2 Å². The van der Waals surface area contributed by atoms with Gasteiger partial charge in [-0.3, -0.25) is 9.59 Å². The van der Waals surface area contributed by atoms with Gasteiger partial charge in [-0.15, -0.1) is 0 Å². The third kappa shape index (κ3) is 6.10. The lowest BCUT2D eigenvalue weighted by atomic mass is 9.90. The molecule has 1 aromatic rings. The van der Waals surface area contributed by atoms with Gasteiger partial charge in [-0.2, -0.15) is 0 Å². The fourth-order valence-corrected chi connectivity index (χ4v) is 4.61. The lowest BCUT2D eigenvalue weighted by molar-refractivity contribution is -0.276. The zero-order valence-electron chi connectivity index (χ0n) is 20.4. The van der Waals surface area contributed by atoms with Gasteiger partial charge >= 0.3 is 5.97 Å². The summed E-state index contributed by atoms with van der Waals surface area (Å²) in [6.07, 6.45) is -3.26. The first-order chi connectivity index (χ1) is 16.3. The summed E-state index contributed by atoms with van der Waals surface area (Å²) < 4.78 is 11.2. The first-order valence-corrected chi connectivity index (χ1v) is 11.7. The standard InChI is InChI=1S/C24H35N3O8/c1-11(2)8-14(17-9-13-6-5-7-16(28)19(13)23(32)34-17)27-22(31)20(30)21-15(10-18(25)29)26-12(3)24(4,33)35-21/h5-7,11-12,14-15,17,20-21,26,28,30,33H,8-10H2,1-4H3,(H2,25,29)(H,27,31)/t12-,14-,15-,17-,20-,21-,24-/m0/s1. The molecule has 2 aliphatic heterocycles. The lowest BCUT2D eigenvalue weighted by Gasteiger charge is -2.46. The number of carbonyl (C=O) groups excluding carboxylic acids is 3. The van der Waals surface area contributed by atoms with Gasteiger partial charge in [0.25, 0.3) is 5.91 Å². The number of benzene rings is 1. The van der Waals surface area contributed by atoms with Crippen molar-refractivity contribution in [3.05, 3.63) is 29.3 Å². The molecule has 1 saturated heterocycles. The second kappa shape index (κ2) is 10.5. The van der Waals surface area contributed by atoms with Gasteiger partial charge in [-0.1, -0.05) is 26.0 Å². The van der Waals surface area contributed by atoms with Crippen LogP contribution in [0, 0.1) is 5.92 Å². The van der Waals surface area contributed by atoms with E-state index in [-0.39, 0.29) is 30.1 Å². The molecular weight excluding hydrogens is 458 g/mol.